The van der Waals surface area contributed by atoms with E-state index in [1.807, 2.05) is 18.2 Å². The molecule has 1 N–H and O–H groups in total. The Morgan fingerprint density at radius 3 is 2.59 bits per heavy atom. The molecule has 4 rings (SSSR count). The Hall–Kier alpha value is -3.41. The first-order chi connectivity index (χ1) is 14.2. The number of nitrogens with zero attached hydrogens (tertiary/aromatic N) is 2. The molecular weight excluding hydrogens is 366 g/mol. The first kappa shape index (κ1) is 18.9. The average molecular weight is 389 g/mol. The monoisotopic (exact) mass is 389 g/mol. The fourth-order valence-corrected chi connectivity index (χ4v) is 3.91. The molecule has 1 aliphatic heterocycles. The largest absolute Gasteiger partial charge is 0.465 e. The summed E-state index contributed by atoms with van der Waals surface area (Å²) in [6, 6.07) is 17.1. The van der Waals surface area contributed by atoms with Crippen LogP contribution in [0.25, 0.3) is 0 Å². The van der Waals surface area contributed by atoms with Gasteiger partial charge in [0, 0.05) is 12.5 Å². The van der Waals surface area contributed by atoms with E-state index in [9.17, 15) is 9.59 Å². The molecule has 0 spiro atoms. The van der Waals surface area contributed by atoms with Crippen molar-refractivity contribution in [2.75, 3.05) is 13.7 Å². The van der Waals surface area contributed by atoms with Gasteiger partial charge in [0.2, 0.25) is 0 Å². The topological polar surface area (TPSA) is 75.3 Å². The molecular formula is C23H23N3O3. The van der Waals surface area contributed by atoms with Crippen molar-refractivity contribution in [1.29, 1.82) is 0 Å². The summed E-state index contributed by atoms with van der Waals surface area (Å²) in [4.78, 5) is 34.8. The molecule has 0 saturated carbocycles. The number of methoxy groups -OCH3 is 1. The number of ether oxygens (including phenoxy) is 1. The van der Waals surface area contributed by atoms with Gasteiger partial charge in [-0.25, -0.2) is 9.78 Å². The number of aryl methyl sites for hydroxylation is 1. The van der Waals surface area contributed by atoms with Gasteiger partial charge in [0.15, 0.2) is 0 Å². The number of H-pyrrole nitrogens is 1. The van der Waals surface area contributed by atoms with Crippen molar-refractivity contribution >= 4 is 11.9 Å². The van der Waals surface area contributed by atoms with E-state index in [-0.39, 0.29) is 17.4 Å². The minimum absolute atomic E-state index is 0.138. The van der Waals surface area contributed by atoms with E-state index in [4.69, 9.17) is 4.74 Å². The summed E-state index contributed by atoms with van der Waals surface area (Å²) in [5, 5.41) is 0. The second-order valence-electron chi connectivity index (χ2n) is 7.21. The van der Waals surface area contributed by atoms with Crippen molar-refractivity contribution < 1.29 is 14.3 Å². The standard InChI is InChI=1S/C23H23N3O3/c1-29-23(28)19-10-6-5-9-18(19)22(27)26-13-17(21-20(14-26)24-15-25-21)12-11-16-7-3-2-4-8-16/h2-10,15,17H,11-14H2,1H3,(H,24,25). The van der Waals surface area contributed by atoms with Crippen molar-refractivity contribution in [2.45, 2.75) is 25.3 Å². The zero-order valence-electron chi connectivity index (χ0n) is 16.3. The fraction of sp³-hybridized carbons (Fsp3) is 0.261. The molecule has 0 fully saturated rings. The highest BCUT2D eigenvalue weighted by molar-refractivity contribution is 6.05. The van der Waals surface area contributed by atoms with Crippen molar-refractivity contribution in [2.24, 2.45) is 0 Å². The number of imidazole rings is 1. The highest BCUT2D eigenvalue weighted by Gasteiger charge is 2.32. The van der Waals surface area contributed by atoms with Gasteiger partial charge in [-0.2, -0.15) is 0 Å². The predicted molar refractivity (Wildman–Crippen MR) is 109 cm³/mol. The average Bonchev–Trinajstić information content (AvgIpc) is 3.26. The number of carbonyl (C=O) groups is 2. The van der Waals surface area contributed by atoms with Crippen LogP contribution in [0.15, 0.2) is 60.9 Å². The number of amides is 1. The maximum Gasteiger partial charge on any atom is 0.338 e. The van der Waals surface area contributed by atoms with Crippen LogP contribution in [-0.2, 0) is 17.7 Å². The molecule has 2 aromatic carbocycles. The molecule has 1 atom stereocenters. The Bertz CT molecular complexity index is 1010. The third kappa shape index (κ3) is 3.92. The highest BCUT2D eigenvalue weighted by Crippen LogP contribution is 2.30. The van der Waals surface area contributed by atoms with Crippen molar-refractivity contribution in [1.82, 2.24) is 14.9 Å². The van der Waals surface area contributed by atoms with Crippen LogP contribution in [0.4, 0.5) is 0 Å². The minimum Gasteiger partial charge on any atom is -0.465 e. The summed E-state index contributed by atoms with van der Waals surface area (Å²) in [6.45, 7) is 1.02. The van der Waals surface area contributed by atoms with Crippen LogP contribution in [-0.4, -0.2) is 40.4 Å². The fourth-order valence-electron chi connectivity index (χ4n) is 3.91. The van der Waals surface area contributed by atoms with Crippen LogP contribution in [0.5, 0.6) is 0 Å². The SMILES string of the molecule is COC(=O)c1ccccc1C(=O)N1Cc2[nH]cnc2C(CCc2ccccc2)C1. The van der Waals surface area contributed by atoms with E-state index >= 15 is 0 Å². The lowest BCUT2D eigenvalue weighted by molar-refractivity contribution is 0.0586. The highest BCUT2D eigenvalue weighted by atomic mass is 16.5. The van der Waals surface area contributed by atoms with E-state index in [2.05, 4.69) is 22.1 Å². The van der Waals surface area contributed by atoms with Gasteiger partial charge in [-0.3, -0.25) is 4.79 Å². The first-order valence-electron chi connectivity index (χ1n) is 9.70. The molecule has 0 bridgehead atoms. The lowest BCUT2D eigenvalue weighted by Crippen LogP contribution is -2.39. The summed E-state index contributed by atoms with van der Waals surface area (Å²) >= 11 is 0. The maximum absolute atomic E-state index is 13.3. The summed E-state index contributed by atoms with van der Waals surface area (Å²) in [6.07, 6.45) is 3.50. The molecule has 1 aliphatic rings. The van der Waals surface area contributed by atoms with E-state index in [1.165, 1.54) is 12.7 Å². The molecule has 0 radical (unpaired) electrons. The number of aromatic amines is 1. The number of hydrogen-bond acceptors (Lipinski definition) is 4. The summed E-state index contributed by atoms with van der Waals surface area (Å²) < 4.78 is 4.84. The van der Waals surface area contributed by atoms with Gasteiger partial charge in [-0.05, 0) is 30.5 Å². The van der Waals surface area contributed by atoms with Crippen LogP contribution in [0.2, 0.25) is 0 Å². The third-order valence-corrected chi connectivity index (χ3v) is 5.40. The van der Waals surface area contributed by atoms with Crippen LogP contribution in [0.1, 0.15) is 50.0 Å². The molecule has 3 aromatic rings. The quantitative estimate of drug-likeness (QED) is 0.677. The smallest absolute Gasteiger partial charge is 0.338 e. The molecule has 1 unspecified atom stereocenters. The first-order valence-corrected chi connectivity index (χ1v) is 9.70. The number of esters is 1. The second kappa shape index (κ2) is 8.31. The van der Waals surface area contributed by atoms with Gasteiger partial charge in [-0.15, -0.1) is 0 Å². The van der Waals surface area contributed by atoms with Gasteiger partial charge in [-0.1, -0.05) is 42.5 Å². The van der Waals surface area contributed by atoms with Crippen molar-refractivity contribution in [3.63, 3.8) is 0 Å². The van der Waals surface area contributed by atoms with Crippen molar-refractivity contribution in [3.8, 4) is 0 Å². The number of nitrogens with one attached hydrogen (secondary N) is 1. The number of carbonyl (C=O) groups excluding carboxylic acids is 2. The molecule has 29 heavy (non-hydrogen) atoms. The molecule has 1 aromatic heterocycles. The zero-order chi connectivity index (χ0) is 20.2. The third-order valence-electron chi connectivity index (χ3n) is 5.40. The zero-order valence-corrected chi connectivity index (χ0v) is 16.3. The lowest BCUT2D eigenvalue weighted by atomic mass is 9.91. The number of fused-ring (bicyclic) bond motifs is 1. The summed E-state index contributed by atoms with van der Waals surface area (Å²) in [5.41, 5.74) is 3.91. The molecule has 6 heteroatoms. The Labute approximate surface area is 169 Å². The molecule has 6 nitrogen and oxygen atoms in total. The van der Waals surface area contributed by atoms with Gasteiger partial charge in [0.05, 0.1) is 42.5 Å². The number of aromatic nitrogens is 2. The number of hydrogen-bond donors (Lipinski definition) is 1. The van der Waals surface area contributed by atoms with Gasteiger partial charge >= 0.3 is 5.97 Å². The Morgan fingerprint density at radius 1 is 1.10 bits per heavy atom. The Kier molecular flexibility index (Phi) is 5.42. The molecule has 1 amide bonds. The summed E-state index contributed by atoms with van der Waals surface area (Å²) in [7, 11) is 1.32. The van der Waals surface area contributed by atoms with Gasteiger partial charge < -0.3 is 14.6 Å². The van der Waals surface area contributed by atoms with Gasteiger partial charge in [0.1, 0.15) is 0 Å². The second-order valence-corrected chi connectivity index (χ2v) is 7.21. The molecule has 2 heterocycles. The molecule has 0 aliphatic carbocycles. The van der Waals surface area contributed by atoms with E-state index < -0.39 is 5.97 Å². The normalized spacial score (nSPS) is 15.6. The predicted octanol–water partition coefficient (Wildman–Crippen LogP) is 3.57. The van der Waals surface area contributed by atoms with E-state index in [0.717, 1.165) is 24.2 Å². The van der Waals surface area contributed by atoms with Crippen LogP contribution in [0.3, 0.4) is 0 Å². The van der Waals surface area contributed by atoms with E-state index in [0.29, 0.717) is 18.7 Å². The lowest BCUT2D eigenvalue weighted by Gasteiger charge is -2.32. The summed E-state index contributed by atoms with van der Waals surface area (Å²) in [5.74, 6) is -0.538. The van der Waals surface area contributed by atoms with Crippen molar-refractivity contribution in [3.05, 3.63) is 89.0 Å². The molecule has 0 saturated heterocycles. The van der Waals surface area contributed by atoms with Crippen LogP contribution < -0.4 is 0 Å². The Morgan fingerprint density at radius 2 is 1.83 bits per heavy atom. The number of benzene rings is 2. The number of rotatable bonds is 5. The van der Waals surface area contributed by atoms with Crippen LogP contribution >= 0.6 is 0 Å². The van der Waals surface area contributed by atoms with E-state index in [1.54, 1.807) is 35.5 Å². The Balaban J connectivity index is 1.57. The molecule has 148 valence electrons. The maximum atomic E-state index is 13.3. The van der Waals surface area contributed by atoms with Gasteiger partial charge in [0.25, 0.3) is 5.91 Å². The van der Waals surface area contributed by atoms with Crippen LogP contribution in [0, 0.1) is 0 Å². The minimum atomic E-state index is -0.506.